The van der Waals surface area contributed by atoms with E-state index in [9.17, 15) is 4.39 Å². The maximum Gasteiger partial charge on any atom is 0.140 e. The van der Waals surface area contributed by atoms with Crippen LogP contribution in [0, 0.1) is 5.82 Å². The van der Waals surface area contributed by atoms with Gasteiger partial charge in [0.15, 0.2) is 0 Å². The van der Waals surface area contributed by atoms with Gasteiger partial charge in [0.05, 0.1) is 11.4 Å². The molecule has 0 aliphatic rings. The zero-order valence-electron chi connectivity index (χ0n) is 8.90. The molecular formula is C12H10FN3S. The van der Waals surface area contributed by atoms with Crippen molar-refractivity contribution in [2.75, 3.05) is 0 Å². The average Bonchev–Trinajstić information content (AvgIpc) is 2.93. The molecule has 5 heteroatoms. The van der Waals surface area contributed by atoms with E-state index in [-0.39, 0.29) is 5.82 Å². The minimum absolute atomic E-state index is 0.232. The molecule has 0 aliphatic heterocycles. The Morgan fingerprint density at radius 3 is 3.00 bits per heavy atom. The molecule has 1 aromatic carbocycles. The topological polar surface area (TPSA) is 54.7 Å². The highest BCUT2D eigenvalue weighted by Crippen LogP contribution is 2.27. The van der Waals surface area contributed by atoms with E-state index in [0.717, 1.165) is 27.3 Å². The number of nitrogens with one attached hydrogen (secondary N) is 1. The van der Waals surface area contributed by atoms with E-state index < -0.39 is 0 Å². The second-order valence-electron chi connectivity index (χ2n) is 3.76. The Morgan fingerprint density at radius 1 is 1.35 bits per heavy atom. The van der Waals surface area contributed by atoms with E-state index in [1.165, 1.54) is 23.5 Å². The Morgan fingerprint density at radius 2 is 2.24 bits per heavy atom. The van der Waals surface area contributed by atoms with Crippen LogP contribution in [0.3, 0.4) is 0 Å². The van der Waals surface area contributed by atoms with Gasteiger partial charge in [-0.15, -0.1) is 11.3 Å². The molecule has 86 valence electrons. The van der Waals surface area contributed by atoms with Crippen molar-refractivity contribution in [3.8, 4) is 10.7 Å². The number of halogens is 1. The summed E-state index contributed by atoms with van der Waals surface area (Å²) in [5.74, 6) is -0.232. The van der Waals surface area contributed by atoms with Gasteiger partial charge in [0.1, 0.15) is 10.8 Å². The fraction of sp³-hybridized carbons (Fsp3) is 0.0833. The van der Waals surface area contributed by atoms with Crippen LogP contribution in [0.5, 0.6) is 0 Å². The van der Waals surface area contributed by atoms with Crippen molar-refractivity contribution in [3.05, 3.63) is 41.2 Å². The van der Waals surface area contributed by atoms with Crippen LogP contribution in [-0.4, -0.2) is 9.97 Å². The third-order valence-corrected chi connectivity index (χ3v) is 3.50. The summed E-state index contributed by atoms with van der Waals surface area (Å²) in [6.45, 7) is 0.436. The number of thiazole rings is 1. The standard InChI is InChI=1S/C12H10FN3S/c13-8-1-2-10-7(3-8)4-11(16-10)12-15-9(5-14)6-17-12/h1-4,6,16H,5,14H2. The lowest BCUT2D eigenvalue weighted by molar-refractivity contribution is 0.630. The largest absolute Gasteiger partial charge is 0.353 e. The minimum atomic E-state index is -0.232. The second kappa shape index (κ2) is 3.94. The van der Waals surface area contributed by atoms with Gasteiger partial charge < -0.3 is 10.7 Å². The molecule has 0 aliphatic carbocycles. The van der Waals surface area contributed by atoms with E-state index in [2.05, 4.69) is 9.97 Å². The molecule has 0 radical (unpaired) electrons. The lowest BCUT2D eigenvalue weighted by Gasteiger charge is -1.89. The Hall–Kier alpha value is -1.72. The molecule has 0 spiro atoms. The number of aromatic nitrogens is 2. The quantitative estimate of drug-likeness (QED) is 0.731. The number of H-pyrrole nitrogens is 1. The SMILES string of the molecule is NCc1csc(-c2cc3cc(F)ccc3[nH]2)n1. The van der Waals surface area contributed by atoms with Crippen LogP contribution in [0.15, 0.2) is 29.6 Å². The molecule has 0 fully saturated rings. The number of fused-ring (bicyclic) bond motifs is 1. The van der Waals surface area contributed by atoms with Gasteiger partial charge in [-0.3, -0.25) is 0 Å². The van der Waals surface area contributed by atoms with Crippen LogP contribution in [0.1, 0.15) is 5.69 Å². The molecule has 0 saturated carbocycles. The third-order valence-electron chi connectivity index (χ3n) is 2.57. The summed E-state index contributed by atoms with van der Waals surface area (Å²) in [5.41, 5.74) is 8.20. The number of hydrogen-bond acceptors (Lipinski definition) is 3. The van der Waals surface area contributed by atoms with Gasteiger partial charge in [-0.2, -0.15) is 0 Å². The number of aromatic amines is 1. The van der Waals surface area contributed by atoms with Gasteiger partial charge in [-0.25, -0.2) is 9.37 Å². The number of hydrogen-bond donors (Lipinski definition) is 2. The summed E-state index contributed by atoms with van der Waals surface area (Å²) in [7, 11) is 0. The smallest absolute Gasteiger partial charge is 0.140 e. The molecule has 3 N–H and O–H groups in total. The van der Waals surface area contributed by atoms with Gasteiger partial charge in [-0.1, -0.05) is 0 Å². The second-order valence-corrected chi connectivity index (χ2v) is 4.62. The monoisotopic (exact) mass is 247 g/mol. The normalized spacial score (nSPS) is 11.2. The van der Waals surface area contributed by atoms with E-state index in [1.807, 2.05) is 11.4 Å². The minimum Gasteiger partial charge on any atom is -0.353 e. The highest BCUT2D eigenvalue weighted by molar-refractivity contribution is 7.13. The molecule has 3 aromatic rings. The first-order valence-corrected chi connectivity index (χ1v) is 6.07. The molecular weight excluding hydrogens is 237 g/mol. The van der Waals surface area contributed by atoms with Gasteiger partial charge in [0, 0.05) is 22.8 Å². The van der Waals surface area contributed by atoms with Crippen molar-refractivity contribution in [3.63, 3.8) is 0 Å². The van der Waals surface area contributed by atoms with E-state index in [1.54, 1.807) is 6.07 Å². The Bertz CT molecular complexity index is 671. The molecule has 0 unspecified atom stereocenters. The third kappa shape index (κ3) is 1.83. The maximum atomic E-state index is 13.1. The number of nitrogens with two attached hydrogens (primary N) is 1. The Labute approximate surface area is 101 Å². The predicted molar refractivity (Wildman–Crippen MR) is 67.3 cm³/mol. The van der Waals surface area contributed by atoms with Crippen molar-refractivity contribution in [1.29, 1.82) is 0 Å². The van der Waals surface area contributed by atoms with Gasteiger partial charge in [0.25, 0.3) is 0 Å². The lowest BCUT2D eigenvalue weighted by atomic mass is 10.2. The van der Waals surface area contributed by atoms with Crippen LogP contribution in [0.25, 0.3) is 21.6 Å². The van der Waals surface area contributed by atoms with Crippen molar-refractivity contribution < 1.29 is 4.39 Å². The summed E-state index contributed by atoms with van der Waals surface area (Å²) in [6.07, 6.45) is 0. The van der Waals surface area contributed by atoms with Crippen LogP contribution in [0.4, 0.5) is 4.39 Å². The van der Waals surface area contributed by atoms with Crippen molar-refractivity contribution in [2.45, 2.75) is 6.54 Å². The molecule has 17 heavy (non-hydrogen) atoms. The van der Waals surface area contributed by atoms with Gasteiger partial charge in [0.2, 0.25) is 0 Å². The predicted octanol–water partition coefficient (Wildman–Crippen LogP) is 2.89. The molecule has 0 bridgehead atoms. The number of nitrogens with zero attached hydrogens (tertiary/aromatic N) is 1. The van der Waals surface area contributed by atoms with Crippen LogP contribution < -0.4 is 5.73 Å². The Balaban J connectivity index is 2.11. The van der Waals surface area contributed by atoms with Crippen molar-refractivity contribution in [2.24, 2.45) is 5.73 Å². The summed E-state index contributed by atoms with van der Waals surface area (Å²) in [6, 6.07) is 6.58. The molecule has 3 rings (SSSR count). The molecule has 0 saturated heterocycles. The highest BCUT2D eigenvalue weighted by Gasteiger charge is 2.07. The van der Waals surface area contributed by atoms with Gasteiger partial charge >= 0.3 is 0 Å². The maximum absolute atomic E-state index is 13.1. The first-order chi connectivity index (χ1) is 8.26. The fourth-order valence-corrected chi connectivity index (χ4v) is 2.55. The van der Waals surface area contributed by atoms with E-state index in [4.69, 9.17) is 5.73 Å². The van der Waals surface area contributed by atoms with Crippen LogP contribution in [0.2, 0.25) is 0 Å². The highest BCUT2D eigenvalue weighted by atomic mass is 32.1. The number of rotatable bonds is 2. The molecule has 0 amide bonds. The molecule has 0 atom stereocenters. The molecule has 3 nitrogen and oxygen atoms in total. The fourth-order valence-electron chi connectivity index (χ4n) is 1.74. The zero-order valence-corrected chi connectivity index (χ0v) is 9.72. The van der Waals surface area contributed by atoms with Crippen LogP contribution >= 0.6 is 11.3 Å². The summed E-state index contributed by atoms with van der Waals surface area (Å²) in [5, 5.41) is 3.66. The van der Waals surface area contributed by atoms with Crippen molar-refractivity contribution >= 4 is 22.2 Å². The number of benzene rings is 1. The van der Waals surface area contributed by atoms with E-state index >= 15 is 0 Å². The summed E-state index contributed by atoms with van der Waals surface area (Å²) < 4.78 is 13.1. The first kappa shape index (κ1) is 10.4. The lowest BCUT2D eigenvalue weighted by Crippen LogP contribution is -1.95. The summed E-state index contributed by atoms with van der Waals surface area (Å²) >= 11 is 1.53. The molecule has 2 aromatic heterocycles. The Kier molecular flexibility index (Phi) is 2.42. The zero-order chi connectivity index (χ0) is 11.8. The molecule has 2 heterocycles. The van der Waals surface area contributed by atoms with Crippen LogP contribution in [-0.2, 0) is 6.54 Å². The average molecular weight is 247 g/mol. The van der Waals surface area contributed by atoms with Crippen molar-refractivity contribution in [1.82, 2.24) is 9.97 Å². The summed E-state index contributed by atoms with van der Waals surface area (Å²) in [4.78, 5) is 7.60. The first-order valence-electron chi connectivity index (χ1n) is 5.19. The van der Waals surface area contributed by atoms with Gasteiger partial charge in [-0.05, 0) is 24.3 Å². The van der Waals surface area contributed by atoms with E-state index in [0.29, 0.717) is 6.54 Å².